The summed E-state index contributed by atoms with van der Waals surface area (Å²) in [6, 6.07) is 7.91. The van der Waals surface area contributed by atoms with Gasteiger partial charge in [-0.3, -0.25) is 0 Å². The number of anilines is 2. The van der Waals surface area contributed by atoms with Gasteiger partial charge in [-0.2, -0.15) is 4.37 Å². The van der Waals surface area contributed by atoms with Crippen molar-refractivity contribution >= 4 is 22.4 Å². The molecule has 2 N–H and O–H groups in total. The molecule has 4 nitrogen and oxygen atoms in total. The average Bonchev–Trinajstić information content (AvgIpc) is 2.81. The molecular weight excluding hydrogens is 244 g/mol. The van der Waals surface area contributed by atoms with E-state index in [1.165, 1.54) is 11.5 Å². The topological polar surface area (TPSA) is 55.0 Å². The molecule has 0 unspecified atom stereocenters. The van der Waals surface area contributed by atoms with Crippen LogP contribution in [0.2, 0.25) is 0 Å². The number of benzene rings is 1. The van der Waals surface area contributed by atoms with Crippen molar-refractivity contribution in [3.8, 4) is 0 Å². The Kier molecular flexibility index (Phi) is 4.15. The number of nitrogen functional groups attached to an aromatic ring is 1. The molecule has 18 heavy (non-hydrogen) atoms. The van der Waals surface area contributed by atoms with Crippen molar-refractivity contribution in [3.05, 3.63) is 35.7 Å². The fraction of sp³-hybridized carbons (Fsp3) is 0.385. The second-order valence-electron chi connectivity index (χ2n) is 4.30. The number of aryl methyl sites for hydroxylation is 1. The molecule has 0 radical (unpaired) electrons. The summed E-state index contributed by atoms with van der Waals surface area (Å²) in [7, 11) is 2.02. The molecule has 0 atom stereocenters. The van der Waals surface area contributed by atoms with E-state index in [4.69, 9.17) is 5.73 Å². The fourth-order valence-corrected chi connectivity index (χ4v) is 2.40. The Morgan fingerprint density at radius 3 is 2.83 bits per heavy atom. The van der Waals surface area contributed by atoms with E-state index >= 15 is 0 Å². The Labute approximate surface area is 112 Å². The SMILES string of the molecule is CCCc1nsc(N(C)Cc2ccccc2N)n1. The van der Waals surface area contributed by atoms with Crippen LogP contribution < -0.4 is 10.6 Å². The number of aromatic nitrogens is 2. The molecule has 0 aliphatic carbocycles. The highest BCUT2D eigenvalue weighted by molar-refractivity contribution is 7.09. The van der Waals surface area contributed by atoms with E-state index in [9.17, 15) is 0 Å². The van der Waals surface area contributed by atoms with E-state index in [1.54, 1.807) is 0 Å². The minimum atomic E-state index is 0.757. The maximum atomic E-state index is 5.94. The highest BCUT2D eigenvalue weighted by Crippen LogP contribution is 2.20. The Hall–Kier alpha value is -1.62. The lowest BCUT2D eigenvalue weighted by Crippen LogP contribution is -2.17. The molecule has 0 amide bonds. The molecule has 2 aromatic rings. The summed E-state index contributed by atoms with van der Waals surface area (Å²) in [6.07, 6.45) is 2.02. The molecule has 0 bridgehead atoms. The molecule has 0 saturated carbocycles. The first-order valence-electron chi connectivity index (χ1n) is 6.07. The first kappa shape index (κ1) is 12.8. The van der Waals surface area contributed by atoms with E-state index in [1.807, 2.05) is 31.3 Å². The normalized spacial score (nSPS) is 10.6. The summed E-state index contributed by atoms with van der Waals surface area (Å²) in [4.78, 5) is 6.60. The van der Waals surface area contributed by atoms with Gasteiger partial charge in [-0.05, 0) is 18.1 Å². The molecule has 0 fully saturated rings. The number of rotatable bonds is 5. The van der Waals surface area contributed by atoms with E-state index in [0.717, 1.165) is 41.6 Å². The van der Waals surface area contributed by atoms with Crippen LogP contribution in [0.5, 0.6) is 0 Å². The van der Waals surface area contributed by atoms with Crippen LogP contribution in [0.3, 0.4) is 0 Å². The summed E-state index contributed by atoms with van der Waals surface area (Å²) >= 11 is 1.45. The van der Waals surface area contributed by atoms with Crippen molar-refractivity contribution in [1.29, 1.82) is 0 Å². The predicted molar refractivity (Wildman–Crippen MR) is 76.9 cm³/mol. The van der Waals surface area contributed by atoms with Crippen LogP contribution in [0.4, 0.5) is 10.8 Å². The van der Waals surface area contributed by atoms with E-state index in [0.29, 0.717) is 0 Å². The third-order valence-electron chi connectivity index (χ3n) is 2.72. The molecule has 1 aromatic heterocycles. The lowest BCUT2D eigenvalue weighted by molar-refractivity contribution is 0.847. The van der Waals surface area contributed by atoms with Crippen molar-refractivity contribution in [2.45, 2.75) is 26.3 Å². The Morgan fingerprint density at radius 1 is 1.33 bits per heavy atom. The maximum Gasteiger partial charge on any atom is 0.205 e. The van der Waals surface area contributed by atoms with Crippen LogP contribution in [0.15, 0.2) is 24.3 Å². The van der Waals surface area contributed by atoms with Crippen LogP contribution in [-0.4, -0.2) is 16.4 Å². The summed E-state index contributed by atoms with van der Waals surface area (Å²) in [5.74, 6) is 0.936. The summed E-state index contributed by atoms with van der Waals surface area (Å²) in [5, 5.41) is 0.946. The summed E-state index contributed by atoms with van der Waals surface area (Å²) < 4.78 is 4.35. The second kappa shape index (κ2) is 5.82. The van der Waals surface area contributed by atoms with Gasteiger partial charge < -0.3 is 10.6 Å². The third-order valence-corrected chi connectivity index (χ3v) is 3.59. The molecule has 0 saturated heterocycles. The van der Waals surface area contributed by atoms with Gasteiger partial charge in [-0.1, -0.05) is 25.1 Å². The largest absolute Gasteiger partial charge is 0.398 e. The molecule has 2 rings (SSSR count). The summed E-state index contributed by atoms with van der Waals surface area (Å²) in [6.45, 7) is 2.89. The molecule has 0 aliphatic heterocycles. The number of para-hydroxylation sites is 1. The van der Waals surface area contributed by atoms with Gasteiger partial charge in [0.05, 0.1) is 0 Å². The molecule has 96 valence electrons. The minimum absolute atomic E-state index is 0.757. The lowest BCUT2D eigenvalue weighted by atomic mass is 10.2. The van der Waals surface area contributed by atoms with Crippen molar-refractivity contribution in [2.24, 2.45) is 0 Å². The highest BCUT2D eigenvalue weighted by atomic mass is 32.1. The van der Waals surface area contributed by atoms with Crippen molar-refractivity contribution in [2.75, 3.05) is 17.7 Å². The second-order valence-corrected chi connectivity index (χ2v) is 5.03. The smallest absolute Gasteiger partial charge is 0.205 e. The standard InChI is InChI=1S/C13H18N4S/c1-3-6-12-15-13(18-16-12)17(2)9-10-7-4-5-8-11(10)14/h4-5,7-8H,3,6,9,14H2,1-2H3. The number of nitrogens with two attached hydrogens (primary N) is 1. The quantitative estimate of drug-likeness (QED) is 0.842. The van der Waals surface area contributed by atoms with Gasteiger partial charge >= 0.3 is 0 Å². The minimum Gasteiger partial charge on any atom is -0.398 e. The molecule has 5 heteroatoms. The zero-order chi connectivity index (χ0) is 13.0. The Bertz CT molecular complexity index is 509. The van der Waals surface area contributed by atoms with Crippen molar-refractivity contribution in [1.82, 2.24) is 9.36 Å². The fourth-order valence-electron chi connectivity index (χ4n) is 1.73. The number of hydrogen-bond acceptors (Lipinski definition) is 5. The number of nitrogens with zero attached hydrogens (tertiary/aromatic N) is 3. The van der Waals surface area contributed by atoms with Gasteiger partial charge in [0.15, 0.2) is 0 Å². The average molecular weight is 262 g/mol. The summed E-state index contributed by atoms with van der Waals surface area (Å²) in [5.41, 5.74) is 7.88. The first-order valence-corrected chi connectivity index (χ1v) is 6.85. The van der Waals surface area contributed by atoms with Gasteiger partial charge in [0.2, 0.25) is 5.13 Å². The highest BCUT2D eigenvalue weighted by Gasteiger charge is 2.09. The third kappa shape index (κ3) is 2.98. The van der Waals surface area contributed by atoms with Crippen LogP contribution >= 0.6 is 11.5 Å². The molecule has 1 heterocycles. The van der Waals surface area contributed by atoms with Crippen molar-refractivity contribution in [3.63, 3.8) is 0 Å². The molecular formula is C13H18N4S. The van der Waals surface area contributed by atoms with Crippen LogP contribution in [0.1, 0.15) is 24.7 Å². The maximum absolute atomic E-state index is 5.94. The van der Waals surface area contributed by atoms with Gasteiger partial charge in [0, 0.05) is 37.2 Å². The van der Waals surface area contributed by atoms with E-state index < -0.39 is 0 Å². The van der Waals surface area contributed by atoms with Gasteiger partial charge in [0.1, 0.15) is 5.82 Å². The first-order chi connectivity index (χ1) is 8.70. The monoisotopic (exact) mass is 262 g/mol. The zero-order valence-corrected chi connectivity index (χ0v) is 11.6. The van der Waals surface area contributed by atoms with Crippen LogP contribution in [0.25, 0.3) is 0 Å². The number of hydrogen-bond donors (Lipinski definition) is 1. The van der Waals surface area contributed by atoms with Gasteiger partial charge in [-0.15, -0.1) is 0 Å². The van der Waals surface area contributed by atoms with E-state index in [-0.39, 0.29) is 0 Å². The lowest BCUT2D eigenvalue weighted by Gasteiger charge is -2.16. The van der Waals surface area contributed by atoms with Gasteiger partial charge in [-0.25, -0.2) is 4.98 Å². The zero-order valence-electron chi connectivity index (χ0n) is 10.8. The Balaban J connectivity index is 2.07. The molecule has 0 aliphatic rings. The molecule has 1 aromatic carbocycles. The molecule has 0 spiro atoms. The van der Waals surface area contributed by atoms with Crippen LogP contribution in [0, 0.1) is 0 Å². The van der Waals surface area contributed by atoms with Gasteiger partial charge in [0.25, 0.3) is 0 Å². The van der Waals surface area contributed by atoms with Crippen LogP contribution in [-0.2, 0) is 13.0 Å². The Morgan fingerprint density at radius 2 is 2.11 bits per heavy atom. The predicted octanol–water partition coefficient (Wildman–Crippen LogP) is 2.71. The van der Waals surface area contributed by atoms with E-state index in [2.05, 4.69) is 21.2 Å². The van der Waals surface area contributed by atoms with Crippen molar-refractivity contribution < 1.29 is 0 Å².